The Morgan fingerprint density at radius 2 is 2.06 bits per heavy atom. The van der Waals surface area contributed by atoms with E-state index in [1.165, 1.54) is 10.0 Å². The van der Waals surface area contributed by atoms with Crippen LogP contribution in [0.25, 0.3) is 0 Å². The minimum Gasteiger partial charge on any atom is -0.313 e. The first-order chi connectivity index (χ1) is 7.69. The van der Waals surface area contributed by atoms with E-state index in [4.69, 9.17) is 0 Å². The lowest BCUT2D eigenvalue weighted by Gasteiger charge is -2.21. The van der Waals surface area contributed by atoms with Gasteiger partial charge < -0.3 is 10.2 Å². The van der Waals surface area contributed by atoms with Gasteiger partial charge in [-0.05, 0) is 45.2 Å². The van der Waals surface area contributed by atoms with E-state index in [-0.39, 0.29) is 0 Å². The Kier molecular flexibility index (Phi) is 6.03. The summed E-state index contributed by atoms with van der Waals surface area (Å²) in [5.74, 6) is 0. The highest BCUT2D eigenvalue weighted by molar-refractivity contribution is 9.10. The average molecular weight is 285 g/mol. The quantitative estimate of drug-likeness (QED) is 0.864. The Morgan fingerprint density at radius 1 is 1.38 bits per heavy atom. The fourth-order valence-electron chi connectivity index (χ4n) is 1.72. The molecule has 0 bridgehead atoms. The molecule has 0 aliphatic carbocycles. The van der Waals surface area contributed by atoms with Gasteiger partial charge in [-0.1, -0.05) is 41.1 Å². The van der Waals surface area contributed by atoms with Crippen molar-refractivity contribution in [1.29, 1.82) is 0 Å². The molecule has 0 amide bonds. The van der Waals surface area contributed by atoms with Crippen LogP contribution in [0.1, 0.15) is 24.9 Å². The smallest absolute Gasteiger partial charge is 0.0340 e. The molecule has 0 spiro atoms. The summed E-state index contributed by atoms with van der Waals surface area (Å²) in [6, 6.07) is 8.84. The van der Waals surface area contributed by atoms with Crippen molar-refractivity contribution in [3.8, 4) is 0 Å². The van der Waals surface area contributed by atoms with Crippen LogP contribution in [0.2, 0.25) is 0 Å². The van der Waals surface area contributed by atoms with Gasteiger partial charge in [-0.2, -0.15) is 0 Å². The molecule has 90 valence electrons. The minimum absolute atomic E-state index is 0.421. The third-order valence-corrected chi connectivity index (χ3v) is 3.69. The second kappa shape index (κ2) is 7.05. The van der Waals surface area contributed by atoms with Crippen LogP contribution in [0.15, 0.2) is 28.7 Å². The van der Waals surface area contributed by atoms with E-state index in [0.717, 1.165) is 19.5 Å². The summed E-state index contributed by atoms with van der Waals surface area (Å²) in [6.45, 7) is 4.41. The minimum atomic E-state index is 0.421. The van der Waals surface area contributed by atoms with Gasteiger partial charge in [0.2, 0.25) is 0 Å². The van der Waals surface area contributed by atoms with Crippen LogP contribution in [0.4, 0.5) is 0 Å². The van der Waals surface area contributed by atoms with Crippen LogP contribution < -0.4 is 5.32 Å². The van der Waals surface area contributed by atoms with Gasteiger partial charge >= 0.3 is 0 Å². The average Bonchev–Trinajstić information content (AvgIpc) is 2.31. The van der Waals surface area contributed by atoms with E-state index in [1.54, 1.807) is 0 Å². The molecule has 0 fully saturated rings. The SMILES string of the molecule is CCN(C)CCC(NC)c1ccccc1Br. The zero-order valence-electron chi connectivity index (χ0n) is 10.3. The highest BCUT2D eigenvalue weighted by Crippen LogP contribution is 2.25. The number of rotatable bonds is 6. The van der Waals surface area contributed by atoms with Crippen molar-refractivity contribution in [1.82, 2.24) is 10.2 Å². The summed E-state index contributed by atoms with van der Waals surface area (Å²) < 4.78 is 1.19. The zero-order valence-corrected chi connectivity index (χ0v) is 11.9. The van der Waals surface area contributed by atoms with Gasteiger partial charge in [-0.25, -0.2) is 0 Å². The Bertz CT molecular complexity index is 315. The summed E-state index contributed by atoms with van der Waals surface area (Å²) in [5, 5.41) is 3.38. The van der Waals surface area contributed by atoms with E-state index in [0.29, 0.717) is 6.04 Å². The van der Waals surface area contributed by atoms with Crippen molar-refractivity contribution in [2.45, 2.75) is 19.4 Å². The highest BCUT2D eigenvalue weighted by Gasteiger charge is 2.12. The maximum atomic E-state index is 3.61. The van der Waals surface area contributed by atoms with Crippen molar-refractivity contribution in [2.75, 3.05) is 27.2 Å². The molecule has 0 radical (unpaired) electrons. The number of nitrogens with one attached hydrogen (secondary N) is 1. The van der Waals surface area contributed by atoms with Gasteiger partial charge in [0.15, 0.2) is 0 Å². The number of benzene rings is 1. The van der Waals surface area contributed by atoms with Crippen LogP contribution >= 0.6 is 15.9 Å². The molecule has 1 rings (SSSR count). The zero-order chi connectivity index (χ0) is 12.0. The second-order valence-corrected chi connectivity index (χ2v) is 4.90. The lowest BCUT2D eigenvalue weighted by Crippen LogP contribution is -2.25. The first-order valence-corrected chi connectivity index (χ1v) is 6.58. The van der Waals surface area contributed by atoms with Gasteiger partial charge in [0.1, 0.15) is 0 Å². The van der Waals surface area contributed by atoms with E-state index in [9.17, 15) is 0 Å². The standard InChI is InChI=1S/C13H21BrN2/c1-4-16(3)10-9-13(15-2)11-7-5-6-8-12(11)14/h5-8,13,15H,4,9-10H2,1-3H3. The molecule has 0 heterocycles. The van der Waals surface area contributed by atoms with Gasteiger partial charge in [-0.3, -0.25) is 0 Å². The lowest BCUT2D eigenvalue weighted by molar-refractivity contribution is 0.325. The maximum absolute atomic E-state index is 3.61. The maximum Gasteiger partial charge on any atom is 0.0340 e. The Morgan fingerprint density at radius 3 is 2.62 bits per heavy atom. The molecule has 0 aliphatic rings. The lowest BCUT2D eigenvalue weighted by atomic mass is 10.0. The molecule has 1 aromatic carbocycles. The molecule has 3 heteroatoms. The highest BCUT2D eigenvalue weighted by atomic mass is 79.9. The Balaban J connectivity index is 2.64. The van der Waals surface area contributed by atoms with E-state index >= 15 is 0 Å². The van der Waals surface area contributed by atoms with Crippen molar-refractivity contribution in [3.63, 3.8) is 0 Å². The molecule has 0 saturated carbocycles. The van der Waals surface area contributed by atoms with Crippen LogP contribution in [-0.2, 0) is 0 Å². The summed E-state index contributed by atoms with van der Waals surface area (Å²) in [7, 11) is 4.18. The second-order valence-electron chi connectivity index (χ2n) is 4.05. The molecular weight excluding hydrogens is 264 g/mol. The van der Waals surface area contributed by atoms with E-state index in [2.05, 4.69) is 64.4 Å². The van der Waals surface area contributed by atoms with Crippen LogP contribution in [-0.4, -0.2) is 32.1 Å². The van der Waals surface area contributed by atoms with Crippen molar-refractivity contribution in [3.05, 3.63) is 34.3 Å². The predicted molar refractivity (Wildman–Crippen MR) is 73.7 cm³/mol. The monoisotopic (exact) mass is 284 g/mol. The van der Waals surface area contributed by atoms with Crippen molar-refractivity contribution >= 4 is 15.9 Å². The third kappa shape index (κ3) is 3.89. The van der Waals surface area contributed by atoms with Gasteiger partial charge in [0.05, 0.1) is 0 Å². The predicted octanol–water partition coefficient (Wildman–Crippen LogP) is 3.05. The van der Waals surface area contributed by atoms with Crippen LogP contribution in [0.3, 0.4) is 0 Å². The van der Waals surface area contributed by atoms with Crippen LogP contribution in [0.5, 0.6) is 0 Å². The first kappa shape index (κ1) is 13.7. The van der Waals surface area contributed by atoms with Crippen molar-refractivity contribution in [2.24, 2.45) is 0 Å². The van der Waals surface area contributed by atoms with Gasteiger partial charge in [0.25, 0.3) is 0 Å². The molecule has 1 N–H and O–H groups in total. The Labute approximate surface area is 107 Å². The summed E-state index contributed by atoms with van der Waals surface area (Å²) in [6.07, 6.45) is 1.13. The molecular formula is C13H21BrN2. The molecule has 0 aliphatic heterocycles. The molecule has 0 saturated heterocycles. The molecule has 2 nitrogen and oxygen atoms in total. The summed E-state index contributed by atoms with van der Waals surface area (Å²) in [5.41, 5.74) is 1.34. The number of nitrogens with zero attached hydrogens (tertiary/aromatic N) is 1. The first-order valence-electron chi connectivity index (χ1n) is 5.79. The van der Waals surface area contributed by atoms with Gasteiger partial charge in [0, 0.05) is 10.5 Å². The fraction of sp³-hybridized carbons (Fsp3) is 0.538. The number of hydrogen-bond donors (Lipinski definition) is 1. The Hall–Kier alpha value is -0.380. The molecule has 1 unspecified atom stereocenters. The topological polar surface area (TPSA) is 15.3 Å². The van der Waals surface area contributed by atoms with Crippen molar-refractivity contribution < 1.29 is 0 Å². The number of hydrogen-bond acceptors (Lipinski definition) is 2. The summed E-state index contributed by atoms with van der Waals surface area (Å²) >= 11 is 3.61. The molecule has 16 heavy (non-hydrogen) atoms. The molecule has 1 aromatic rings. The number of halogens is 1. The van der Waals surface area contributed by atoms with E-state index < -0.39 is 0 Å². The fourth-order valence-corrected chi connectivity index (χ4v) is 2.28. The largest absolute Gasteiger partial charge is 0.313 e. The van der Waals surface area contributed by atoms with E-state index in [1.807, 2.05) is 7.05 Å². The summed E-state index contributed by atoms with van der Waals surface area (Å²) in [4.78, 5) is 2.33. The van der Waals surface area contributed by atoms with Crippen LogP contribution in [0, 0.1) is 0 Å². The molecule has 1 atom stereocenters. The molecule has 0 aromatic heterocycles. The third-order valence-electron chi connectivity index (χ3n) is 2.97. The normalized spacial score (nSPS) is 13.1. The van der Waals surface area contributed by atoms with Gasteiger partial charge in [-0.15, -0.1) is 0 Å².